The van der Waals surface area contributed by atoms with Gasteiger partial charge in [0.1, 0.15) is 23.8 Å². The predicted molar refractivity (Wildman–Crippen MR) is 151 cm³/mol. The van der Waals surface area contributed by atoms with Gasteiger partial charge in [0, 0.05) is 17.8 Å². The number of nitrogens with one attached hydrogen (secondary N) is 2. The topological polar surface area (TPSA) is 101 Å². The van der Waals surface area contributed by atoms with Crippen LogP contribution in [-0.4, -0.2) is 31.1 Å². The molecule has 2 atom stereocenters. The summed E-state index contributed by atoms with van der Waals surface area (Å²) in [5.74, 6) is 0.840. The van der Waals surface area contributed by atoms with Crippen LogP contribution in [0.15, 0.2) is 91.0 Å². The third-order valence-electron chi connectivity index (χ3n) is 6.79. The van der Waals surface area contributed by atoms with Crippen molar-refractivity contribution < 1.29 is 14.3 Å². The van der Waals surface area contributed by atoms with Crippen LogP contribution in [0.5, 0.6) is 5.75 Å². The fourth-order valence-corrected chi connectivity index (χ4v) is 4.64. The van der Waals surface area contributed by atoms with Crippen molar-refractivity contribution in [1.82, 2.24) is 5.32 Å². The highest BCUT2D eigenvalue weighted by molar-refractivity contribution is 5.99. The molecule has 0 aromatic heterocycles. The van der Waals surface area contributed by atoms with E-state index in [1.807, 2.05) is 97.9 Å². The molecule has 1 aliphatic rings. The minimum absolute atomic E-state index is 0.0240. The molecule has 4 aromatic carbocycles. The van der Waals surface area contributed by atoms with Crippen molar-refractivity contribution in [1.29, 1.82) is 5.41 Å². The van der Waals surface area contributed by atoms with Gasteiger partial charge in [-0.1, -0.05) is 54.6 Å². The molecule has 38 heavy (non-hydrogen) atoms. The Kier molecular flexibility index (Phi) is 7.56. The maximum atomic E-state index is 13.5. The third-order valence-corrected chi connectivity index (χ3v) is 6.79. The van der Waals surface area contributed by atoms with Crippen LogP contribution >= 0.6 is 0 Å². The standard InChI is InChI=1S/C31H32N4O3/c1-21(23-11-13-28(14-12-23)38-29-15-16-34-19-29)37-31(36)35(27-5-3-2-4-6-27)20-22-7-8-24-9-10-25(30(32)33)18-26(24)17-22/h2-14,17-18,21,29,34H,15-16,19-20H2,1H3,(H3,32,33). The smallest absolute Gasteiger partial charge is 0.415 e. The number of hydrogen-bond donors (Lipinski definition) is 3. The van der Waals surface area contributed by atoms with Gasteiger partial charge in [0.25, 0.3) is 0 Å². The Bertz CT molecular complexity index is 1420. The highest BCUT2D eigenvalue weighted by Crippen LogP contribution is 2.26. The molecule has 4 aromatic rings. The van der Waals surface area contributed by atoms with Crippen LogP contribution in [0.1, 0.15) is 36.1 Å². The quantitative estimate of drug-likeness (QED) is 0.207. The Labute approximate surface area is 222 Å². The Morgan fingerprint density at radius 2 is 1.79 bits per heavy atom. The summed E-state index contributed by atoms with van der Waals surface area (Å²) in [5, 5.41) is 13.0. The average molecular weight is 509 g/mol. The first-order chi connectivity index (χ1) is 18.5. The summed E-state index contributed by atoms with van der Waals surface area (Å²) in [6, 6.07) is 29.0. The van der Waals surface area contributed by atoms with Gasteiger partial charge in [-0.2, -0.15) is 0 Å². The molecule has 0 spiro atoms. The molecule has 1 heterocycles. The predicted octanol–water partition coefficient (Wildman–Crippen LogP) is 5.77. The van der Waals surface area contributed by atoms with E-state index in [1.165, 1.54) is 0 Å². The molecule has 0 saturated carbocycles. The zero-order valence-corrected chi connectivity index (χ0v) is 21.4. The van der Waals surface area contributed by atoms with Crippen LogP contribution in [-0.2, 0) is 11.3 Å². The largest absolute Gasteiger partial charge is 0.489 e. The third kappa shape index (κ3) is 5.95. The number of rotatable bonds is 8. The highest BCUT2D eigenvalue weighted by Gasteiger charge is 2.22. The first kappa shape index (κ1) is 25.3. The fourth-order valence-electron chi connectivity index (χ4n) is 4.64. The molecule has 0 radical (unpaired) electrons. The molecule has 1 fully saturated rings. The van der Waals surface area contributed by atoms with E-state index in [0.29, 0.717) is 12.1 Å². The zero-order chi connectivity index (χ0) is 26.5. The van der Waals surface area contributed by atoms with E-state index in [1.54, 1.807) is 4.90 Å². The van der Waals surface area contributed by atoms with E-state index in [0.717, 1.165) is 52.8 Å². The van der Waals surface area contributed by atoms with Crippen molar-refractivity contribution in [2.24, 2.45) is 5.73 Å². The lowest BCUT2D eigenvalue weighted by Gasteiger charge is -2.25. The van der Waals surface area contributed by atoms with E-state index in [2.05, 4.69) is 5.32 Å². The normalized spacial score (nSPS) is 15.7. The molecule has 1 saturated heterocycles. The monoisotopic (exact) mass is 508 g/mol. The van der Waals surface area contributed by atoms with Gasteiger partial charge in [-0.05, 0) is 78.2 Å². The van der Waals surface area contributed by atoms with Gasteiger partial charge in [-0.25, -0.2) is 4.79 Å². The Morgan fingerprint density at radius 1 is 1.03 bits per heavy atom. The minimum atomic E-state index is -0.439. The second-order valence-corrected chi connectivity index (χ2v) is 9.56. The maximum absolute atomic E-state index is 13.5. The van der Waals surface area contributed by atoms with E-state index < -0.39 is 12.2 Å². The Morgan fingerprint density at radius 3 is 2.50 bits per heavy atom. The summed E-state index contributed by atoms with van der Waals surface area (Å²) in [5.41, 5.74) is 8.93. The first-order valence-corrected chi connectivity index (χ1v) is 12.8. The number of hydrogen-bond acceptors (Lipinski definition) is 5. The van der Waals surface area contributed by atoms with Crippen molar-refractivity contribution in [2.45, 2.75) is 32.1 Å². The van der Waals surface area contributed by atoms with E-state index in [9.17, 15) is 4.79 Å². The number of nitrogens with two attached hydrogens (primary N) is 1. The van der Waals surface area contributed by atoms with Crippen LogP contribution in [0.2, 0.25) is 0 Å². The van der Waals surface area contributed by atoms with Gasteiger partial charge in [0.05, 0.1) is 6.54 Å². The van der Waals surface area contributed by atoms with Gasteiger partial charge in [0.15, 0.2) is 0 Å². The molecule has 4 N–H and O–H groups in total. The Balaban J connectivity index is 1.33. The number of benzene rings is 4. The summed E-state index contributed by atoms with van der Waals surface area (Å²) in [7, 11) is 0. The lowest BCUT2D eigenvalue weighted by Crippen LogP contribution is -2.31. The lowest BCUT2D eigenvalue weighted by atomic mass is 10.0. The van der Waals surface area contributed by atoms with E-state index in [4.69, 9.17) is 20.6 Å². The summed E-state index contributed by atoms with van der Waals surface area (Å²) < 4.78 is 11.9. The lowest BCUT2D eigenvalue weighted by molar-refractivity contribution is 0.113. The van der Waals surface area contributed by atoms with Gasteiger partial charge in [0.2, 0.25) is 0 Å². The van der Waals surface area contributed by atoms with Gasteiger partial charge in [-0.3, -0.25) is 10.3 Å². The maximum Gasteiger partial charge on any atom is 0.415 e. The molecule has 1 aliphatic heterocycles. The molecule has 5 rings (SSSR count). The number of anilines is 1. The molecular formula is C31H32N4O3. The summed E-state index contributed by atoms with van der Waals surface area (Å²) in [6.45, 7) is 4.04. The summed E-state index contributed by atoms with van der Waals surface area (Å²) >= 11 is 0. The molecule has 7 heteroatoms. The van der Waals surface area contributed by atoms with Crippen LogP contribution in [0, 0.1) is 5.41 Å². The fraction of sp³-hybridized carbons (Fsp3) is 0.226. The minimum Gasteiger partial charge on any atom is -0.489 e. The van der Waals surface area contributed by atoms with Crippen LogP contribution in [0.4, 0.5) is 10.5 Å². The SMILES string of the molecule is CC(OC(=O)N(Cc1ccc2ccc(C(=N)N)cc2c1)c1ccccc1)c1ccc(OC2CCNC2)cc1. The number of carbonyl (C=O) groups excluding carboxylic acids is 1. The number of nitrogens with zero attached hydrogens (tertiary/aromatic N) is 1. The molecule has 7 nitrogen and oxygen atoms in total. The van der Waals surface area contributed by atoms with Crippen molar-refractivity contribution in [3.05, 3.63) is 108 Å². The number of amidine groups is 1. The molecular weight excluding hydrogens is 476 g/mol. The number of para-hydroxylation sites is 1. The van der Waals surface area contributed by atoms with Gasteiger partial charge in [-0.15, -0.1) is 0 Å². The molecule has 194 valence electrons. The molecule has 2 unspecified atom stereocenters. The number of fused-ring (bicyclic) bond motifs is 1. The van der Waals surface area contributed by atoms with E-state index in [-0.39, 0.29) is 11.9 Å². The van der Waals surface area contributed by atoms with Gasteiger partial charge < -0.3 is 20.5 Å². The number of amides is 1. The van der Waals surface area contributed by atoms with Crippen molar-refractivity contribution in [3.8, 4) is 5.75 Å². The second-order valence-electron chi connectivity index (χ2n) is 9.56. The average Bonchev–Trinajstić information content (AvgIpc) is 3.45. The molecule has 0 bridgehead atoms. The summed E-state index contributed by atoms with van der Waals surface area (Å²) in [6.07, 6.45) is 0.323. The van der Waals surface area contributed by atoms with Crippen LogP contribution in [0.3, 0.4) is 0 Å². The van der Waals surface area contributed by atoms with Crippen molar-refractivity contribution >= 4 is 28.4 Å². The molecule has 1 amide bonds. The van der Waals surface area contributed by atoms with Crippen LogP contribution < -0.4 is 20.7 Å². The van der Waals surface area contributed by atoms with Gasteiger partial charge >= 0.3 is 6.09 Å². The summed E-state index contributed by atoms with van der Waals surface area (Å²) in [4.78, 5) is 15.1. The van der Waals surface area contributed by atoms with Crippen LogP contribution in [0.25, 0.3) is 10.8 Å². The highest BCUT2D eigenvalue weighted by atomic mass is 16.6. The second kappa shape index (κ2) is 11.4. The number of nitrogen functional groups attached to an aromatic ring is 1. The zero-order valence-electron chi connectivity index (χ0n) is 21.4. The van der Waals surface area contributed by atoms with Crippen molar-refractivity contribution in [3.63, 3.8) is 0 Å². The van der Waals surface area contributed by atoms with E-state index >= 15 is 0 Å². The van der Waals surface area contributed by atoms with Crippen molar-refractivity contribution in [2.75, 3.05) is 18.0 Å². The molecule has 0 aliphatic carbocycles. The number of ether oxygens (including phenoxy) is 2. The number of carbonyl (C=O) groups is 1. The Hall–Kier alpha value is -4.36. The first-order valence-electron chi connectivity index (χ1n) is 12.8.